The van der Waals surface area contributed by atoms with Crippen LogP contribution in [0.2, 0.25) is 0 Å². The number of benzene rings is 4. The second-order valence-corrected chi connectivity index (χ2v) is 8.09. The Balaban J connectivity index is 1.42. The molecule has 2 heteroatoms. The third kappa shape index (κ3) is 5.02. The van der Waals surface area contributed by atoms with Crippen molar-refractivity contribution in [2.45, 2.75) is 10.8 Å². The highest BCUT2D eigenvalue weighted by molar-refractivity contribution is 6.22. The molecule has 0 nitrogen and oxygen atoms in total. The molecule has 0 spiro atoms. The van der Waals surface area contributed by atoms with E-state index in [2.05, 4.69) is 84.9 Å². The van der Waals surface area contributed by atoms with Gasteiger partial charge in [-0.2, -0.15) is 0 Å². The third-order valence-corrected chi connectivity index (χ3v) is 6.12. The average molecular weight is 429 g/mol. The van der Waals surface area contributed by atoms with E-state index in [9.17, 15) is 0 Å². The van der Waals surface area contributed by atoms with Gasteiger partial charge in [-0.1, -0.05) is 121 Å². The molecule has 0 saturated heterocycles. The summed E-state index contributed by atoms with van der Waals surface area (Å²) in [5.74, 6) is 0. The molecular weight excluding hydrogens is 407 g/mol. The summed E-state index contributed by atoms with van der Waals surface area (Å²) < 4.78 is 0. The van der Waals surface area contributed by atoms with Crippen molar-refractivity contribution < 1.29 is 0 Å². The van der Waals surface area contributed by atoms with Crippen LogP contribution in [0.25, 0.3) is 12.2 Å². The number of hydrogen-bond donors (Lipinski definition) is 0. The maximum Gasteiger partial charge on any atom is 0.0835 e. The lowest BCUT2D eigenvalue weighted by Gasteiger charge is -2.11. The van der Waals surface area contributed by atoms with Gasteiger partial charge in [0.25, 0.3) is 0 Å². The van der Waals surface area contributed by atoms with E-state index in [0.29, 0.717) is 0 Å². The molecule has 0 N–H and O–H groups in total. The summed E-state index contributed by atoms with van der Waals surface area (Å²) >= 11 is 13.2. The summed E-state index contributed by atoms with van der Waals surface area (Å²) in [7, 11) is 0. The van der Waals surface area contributed by atoms with Crippen LogP contribution < -0.4 is 0 Å². The predicted molar refractivity (Wildman–Crippen MR) is 130 cm³/mol. The van der Waals surface area contributed by atoms with Crippen LogP contribution in [-0.4, -0.2) is 0 Å². The van der Waals surface area contributed by atoms with Gasteiger partial charge in [-0.15, -0.1) is 23.2 Å². The van der Waals surface area contributed by atoms with E-state index < -0.39 is 0 Å². The van der Waals surface area contributed by atoms with Gasteiger partial charge in [0.15, 0.2) is 0 Å². The van der Waals surface area contributed by atoms with Gasteiger partial charge < -0.3 is 0 Å². The van der Waals surface area contributed by atoms with Crippen molar-refractivity contribution in [3.8, 4) is 0 Å². The number of hydrogen-bond acceptors (Lipinski definition) is 0. The minimum Gasteiger partial charge on any atom is -0.113 e. The second kappa shape index (κ2) is 9.80. The summed E-state index contributed by atoms with van der Waals surface area (Å²) in [6.45, 7) is 0. The minimum atomic E-state index is -0.134. The Morgan fingerprint density at radius 3 is 1.03 bits per heavy atom. The van der Waals surface area contributed by atoms with E-state index in [0.717, 1.165) is 33.4 Å². The fourth-order valence-corrected chi connectivity index (χ4v) is 3.96. The van der Waals surface area contributed by atoms with E-state index in [1.807, 2.05) is 36.4 Å². The van der Waals surface area contributed by atoms with Crippen molar-refractivity contribution in [3.63, 3.8) is 0 Å². The largest absolute Gasteiger partial charge is 0.113 e. The quantitative estimate of drug-likeness (QED) is 0.213. The second-order valence-electron chi connectivity index (χ2n) is 7.21. The molecule has 4 aromatic carbocycles. The monoisotopic (exact) mass is 428 g/mol. The molecule has 0 saturated carbocycles. The van der Waals surface area contributed by atoms with E-state index in [-0.39, 0.29) is 10.8 Å². The summed E-state index contributed by atoms with van der Waals surface area (Å²) in [4.78, 5) is 0. The number of rotatable bonds is 6. The molecule has 0 aliphatic heterocycles. The molecule has 0 amide bonds. The maximum atomic E-state index is 6.61. The van der Waals surface area contributed by atoms with Crippen LogP contribution in [0.5, 0.6) is 0 Å². The molecule has 0 aliphatic rings. The van der Waals surface area contributed by atoms with Gasteiger partial charge in [0, 0.05) is 0 Å². The minimum absolute atomic E-state index is 0.134. The van der Waals surface area contributed by atoms with E-state index >= 15 is 0 Å². The topological polar surface area (TPSA) is 0 Å². The first-order chi connectivity index (χ1) is 14.7. The van der Waals surface area contributed by atoms with Crippen LogP contribution in [0.3, 0.4) is 0 Å². The first-order valence-corrected chi connectivity index (χ1v) is 10.8. The summed E-state index contributed by atoms with van der Waals surface area (Å²) in [6, 6.07) is 37.0. The van der Waals surface area contributed by atoms with Gasteiger partial charge in [0.05, 0.1) is 10.8 Å². The molecule has 0 radical (unpaired) electrons. The van der Waals surface area contributed by atoms with Crippen LogP contribution >= 0.6 is 23.2 Å². The third-order valence-electron chi connectivity index (χ3n) is 5.11. The highest BCUT2D eigenvalue weighted by Gasteiger charge is 2.10. The summed E-state index contributed by atoms with van der Waals surface area (Å²) in [5.41, 5.74) is 6.68. The van der Waals surface area contributed by atoms with E-state index in [4.69, 9.17) is 23.2 Å². The Labute approximate surface area is 188 Å². The molecule has 148 valence electrons. The molecule has 2 unspecified atom stereocenters. The Kier molecular flexibility index (Phi) is 6.69. The Morgan fingerprint density at radius 2 is 0.700 bits per heavy atom. The lowest BCUT2D eigenvalue weighted by atomic mass is 10.0. The fraction of sp³-hybridized carbons (Fsp3) is 0.0714. The highest BCUT2D eigenvalue weighted by atomic mass is 35.5. The van der Waals surface area contributed by atoms with Gasteiger partial charge in [-0.3, -0.25) is 0 Å². The maximum absolute atomic E-state index is 6.61. The van der Waals surface area contributed by atoms with Crippen LogP contribution in [0.1, 0.15) is 44.1 Å². The Hall–Kier alpha value is -2.80. The van der Waals surface area contributed by atoms with E-state index in [1.165, 1.54) is 0 Å². The average Bonchev–Trinajstić information content (AvgIpc) is 2.83. The van der Waals surface area contributed by atoms with Crippen LogP contribution in [0.15, 0.2) is 109 Å². The van der Waals surface area contributed by atoms with Crippen LogP contribution in [0, 0.1) is 0 Å². The molecule has 4 rings (SSSR count). The van der Waals surface area contributed by atoms with Crippen molar-refractivity contribution in [2.75, 3.05) is 0 Å². The van der Waals surface area contributed by atoms with Gasteiger partial charge in [-0.05, 0) is 33.4 Å². The lowest BCUT2D eigenvalue weighted by Crippen LogP contribution is -1.92. The summed E-state index contributed by atoms with van der Waals surface area (Å²) in [6.07, 6.45) is 4.22. The zero-order valence-corrected chi connectivity index (χ0v) is 18.0. The molecule has 0 bridgehead atoms. The van der Waals surface area contributed by atoms with Crippen molar-refractivity contribution in [3.05, 3.63) is 143 Å². The molecule has 0 aliphatic carbocycles. The molecular formula is C28H22Cl2. The Morgan fingerprint density at radius 1 is 0.400 bits per heavy atom. The van der Waals surface area contributed by atoms with Gasteiger partial charge in [-0.25, -0.2) is 0 Å². The van der Waals surface area contributed by atoms with Gasteiger partial charge in [0.2, 0.25) is 0 Å². The SMILES string of the molecule is ClC(c1ccccc1)c1ccc(C=Cc2ccc(C(Cl)c3ccccc3)cc2)cc1. The fourth-order valence-electron chi connectivity index (χ4n) is 3.37. The van der Waals surface area contributed by atoms with Crippen molar-refractivity contribution in [2.24, 2.45) is 0 Å². The zero-order valence-electron chi connectivity index (χ0n) is 16.5. The van der Waals surface area contributed by atoms with Crippen LogP contribution in [-0.2, 0) is 0 Å². The standard InChI is InChI=1S/C28H22Cl2/c29-27(23-7-3-1-4-8-23)25-17-13-21(14-18-25)11-12-22-15-19-26(20-16-22)28(30)24-9-5-2-6-10-24/h1-20,27-28H. The van der Waals surface area contributed by atoms with Crippen molar-refractivity contribution in [1.29, 1.82) is 0 Å². The van der Waals surface area contributed by atoms with Gasteiger partial charge in [0.1, 0.15) is 0 Å². The number of alkyl halides is 2. The lowest BCUT2D eigenvalue weighted by molar-refractivity contribution is 1.14. The van der Waals surface area contributed by atoms with Crippen LogP contribution in [0.4, 0.5) is 0 Å². The zero-order chi connectivity index (χ0) is 20.8. The van der Waals surface area contributed by atoms with Crippen molar-refractivity contribution in [1.82, 2.24) is 0 Å². The molecule has 0 fully saturated rings. The van der Waals surface area contributed by atoms with Gasteiger partial charge >= 0.3 is 0 Å². The molecule has 4 aromatic rings. The molecule has 0 heterocycles. The first kappa shape index (κ1) is 20.5. The molecule has 2 atom stereocenters. The first-order valence-electron chi connectivity index (χ1n) is 9.97. The smallest absolute Gasteiger partial charge is 0.0835 e. The van der Waals surface area contributed by atoms with Crippen molar-refractivity contribution >= 4 is 35.4 Å². The normalized spacial score (nSPS) is 13.3. The Bertz CT molecular complexity index is 992. The molecule has 30 heavy (non-hydrogen) atoms. The molecule has 0 aromatic heterocycles. The predicted octanol–water partition coefficient (Wildman–Crippen LogP) is 8.51. The highest BCUT2D eigenvalue weighted by Crippen LogP contribution is 2.30. The van der Waals surface area contributed by atoms with E-state index in [1.54, 1.807) is 0 Å². The summed E-state index contributed by atoms with van der Waals surface area (Å²) in [5, 5.41) is -0.269. The number of halogens is 2.